The summed E-state index contributed by atoms with van der Waals surface area (Å²) in [7, 11) is 0. The van der Waals surface area contributed by atoms with Gasteiger partial charge < -0.3 is 5.32 Å². The Bertz CT molecular complexity index is 816. The first-order chi connectivity index (χ1) is 10.1. The number of benzene rings is 1. The fraction of sp³-hybridized carbons (Fsp3) is 0.200. The summed E-state index contributed by atoms with van der Waals surface area (Å²) in [6, 6.07) is 6.59. The maximum atomic E-state index is 13.3. The van der Waals surface area contributed by atoms with Gasteiger partial charge in [0.15, 0.2) is 5.82 Å². The molecular formula is C15H13ClFN3S. The van der Waals surface area contributed by atoms with E-state index in [1.54, 1.807) is 23.5 Å². The maximum Gasteiger partial charge on any atom is 0.163 e. The molecule has 0 saturated heterocycles. The zero-order valence-corrected chi connectivity index (χ0v) is 13.1. The normalized spacial score (nSPS) is 11.0. The van der Waals surface area contributed by atoms with E-state index in [2.05, 4.69) is 21.4 Å². The van der Waals surface area contributed by atoms with E-state index in [1.165, 1.54) is 10.9 Å². The molecule has 0 radical (unpaired) electrons. The van der Waals surface area contributed by atoms with Gasteiger partial charge in [0, 0.05) is 17.0 Å². The lowest BCUT2D eigenvalue weighted by Gasteiger charge is -2.07. The van der Waals surface area contributed by atoms with Crippen molar-refractivity contribution in [1.29, 1.82) is 0 Å². The number of aromatic nitrogens is 2. The van der Waals surface area contributed by atoms with Crippen molar-refractivity contribution in [2.24, 2.45) is 0 Å². The summed E-state index contributed by atoms with van der Waals surface area (Å²) >= 11 is 7.45. The Morgan fingerprint density at radius 2 is 2.10 bits per heavy atom. The molecule has 0 amide bonds. The molecule has 0 spiro atoms. The number of thiophene rings is 1. The molecule has 1 N–H and O–H groups in total. The van der Waals surface area contributed by atoms with Crippen molar-refractivity contribution in [3.8, 4) is 11.4 Å². The summed E-state index contributed by atoms with van der Waals surface area (Å²) in [4.78, 5) is 11.2. The predicted octanol–water partition coefficient (Wildman–Crippen LogP) is 4.89. The Balaban J connectivity index is 2.19. The van der Waals surface area contributed by atoms with Crippen LogP contribution in [0.3, 0.4) is 0 Å². The van der Waals surface area contributed by atoms with Crippen LogP contribution in [-0.2, 0) is 0 Å². The lowest BCUT2D eigenvalue weighted by molar-refractivity contribution is 0.628. The molecule has 0 bridgehead atoms. The highest BCUT2D eigenvalue weighted by molar-refractivity contribution is 7.18. The summed E-state index contributed by atoms with van der Waals surface area (Å²) in [6.45, 7) is 4.82. The Labute approximate surface area is 130 Å². The number of fused-ring (bicyclic) bond motifs is 1. The van der Waals surface area contributed by atoms with E-state index >= 15 is 0 Å². The first kappa shape index (κ1) is 14.2. The summed E-state index contributed by atoms with van der Waals surface area (Å²) in [5.74, 6) is 0.893. The third-order valence-corrected chi connectivity index (χ3v) is 4.27. The minimum atomic E-state index is -0.444. The minimum absolute atomic E-state index is 0.0727. The quantitative estimate of drug-likeness (QED) is 0.746. The van der Waals surface area contributed by atoms with Crippen molar-refractivity contribution in [3.05, 3.63) is 40.0 Å². The fourth-order valence-corrected chi connectivity index (χ4v) is 3.17. The molecule has 108 valence electrons. The van der Waals surface area contributed by atoms with E-state index in [0.717, 1.165) is 22.6 Å². The number of nitrogens with one attached hydrogen (secondary N) is 1. The van der Waals surface area contributed by atoms with Gasteiger partial charge in [-0.15, -0.1) is 11.3 Å². The summed E-state index contributed by atoms with van der Waals surface area (Å²) in [5.41, 5.74) is 0.702. The molecule has 6 heteroatoms. The highest BCUT2D eigenvalue weighted by atomic mass is 35.5. The largest absolute Gasteiger partial charge is 0.370 e. The van der Waals surface area contributed by atoms with Crippen LogP contribution in [0.25, 0.3) is 21.6 Å². The lowest BCUT2D eigenvalue weighted by atomic mass is 10.2. The Kier molecular flexibility index (Phi) is 3.78. The molecule has 2 heterocycles. The van der Waals surface area contributed by atoms with Gasteiger partial charge in [-0.05, 0) is 38.1 Å². The molecule has 3 aromatic rings. The molecule has 0 saturated carbocycles. The molecule has 21 heavy (non-hydrogen) atoms. The van der Waals surface area contributed by atoms with Crippen LogP contribution in [0.1, 0.15) is 11.8 Å². The third-order valence-electron chi connectivity index (χ3n) is 3.04. The van der Waals surface area contributed by atoms with Crippen LogP contribution < -0.4 is 5.32 Å². The zero-order valence-electron chi connectivity index (χ0n) is 11.6. The van der Waals surface area contributed by atoms with Crippen molar-refractivity contribution in [3.63, 3.8) is 0 Å². The van der Waals surface area contributed by atoms with Crippen molar-refractivity contribution in [1.82, 2.24) is 9.97 Å². The molecule has 0 atom stereocenters. The van der Waals surface area contributed by atoms with E-state index in [4.69, 9.17) is 11.6 Å². The van der Waals surface area contributed by atoms with Crippen LogP contribution in [0.2, 0.25) is 5.02 Å². The molecule has 0 aliphatic heterocycles. The fourth-order valence-electron chi connectivity index (χ4n) is 2.11. The molecule has 0 aliphatic carbocycles. The van der Waals surface area contributed by atoms with Crippen molar-refractivity contribution in [2.75, 3.05) is 11.9 Å². The minimum Gasteiger partial charge on any atom is -0.370 e. The topological polar surface area (TPSA) is 37.8 Å². The van der Waals surface area contributed by atoms with Crippen LogP contribution in [0.4, 0.5) is 10.2 Å². The van der Waals surface area contributed by atoms with Gasteiger partial charge in [0.1, 0.15) is 16.5 Å². The second kappa shape index (κ2) is 5.58. The third kappa shape index (κ3) is 2.71. The average Bonchev–Trinajstić information content (AvgIpc) is 2.82. The van der Waals surface area contributed by atoms with Gasteiger partial charge >= 0.3 is 0 Å². The second-order valence-corrected chi connectivity index (χ2v) is 6.27. The Morgan fingerprint density at radius 1 is 1.29 bits per heavy atom. The first-order valence-electron chi connectivity index (χ1n) is 6.56. The van der Waals surface area contributed by atoms with Gasteiger partial charge in [0.25, 0.3) is 0 Å². The van der Waals surface area contributed by atoms with Gasteiger partial charge in [0.2, 0.25) is 0 Å². The number of anilines is 1. The summed E-state index contributed by atoms with van der Waals surface area (Å²) < 4.78 is 13.3. The SMILES string of the molecule is CCNc1nc(-c2ccc(F)c(Cl)c2)nc2sc(C)cc12. The molecule has 0 unspecified atom stereocenters. The van der Waals surface area contributed by atoms with Gasteiger partial charge in [-0.1, -0.05) is 11.6 Å². The zero-order chi connectivity index (χ0) is 15.0. The molecule has 3 nitrogen and oxygen atoms in total. The Hall–Kier alpha value is -1.72. The number of hydrogen-bond acceptors (Lipinski definition) is 4. The number of nitrogens with zero attached hydrogens (tertiary/aromatic N) is 2. The van der Waals surface area contributed by atoms with E-state index < -0.39 is 5.82 Å². The van der Waals surface area contributed by atoms with Gasteiger partial charge in [-0.2, -0.15) is 0 Å². The molecule has 0 fully saturated rings. The van der Waals surface area contributed by atoms with Crippen LogP contribution in [-0.4, -0.2) is 16.5 Å². The highest BCUT2D eigenvalue weighted by Crippen LogP contribution is 2.31. The smallest absolute Gasteiger partial charge is 0.163 e. The molecule has 0 aliphatic rings. The van der Waals surface area contributed by atoms with Crippen molar-refractivity contribution in [2.45, 2.75) is 13.8 Å². The van der Waals surface area contributed by atoms with E-state index in [1.807, 2.05) is 13.8 Å². The average molecular weight is 322 g/mol. The van der Waals surface area contributed by atoms with Gasteiger partial charge in [-0.25, -0.2) is 14.4 Å². The van der Waals surface area contributed by atoms with Crippen molar-refractivity contribution < 1.29 is 4.39 Å². The van der Waals surface area contributed by atoms with Crippen LogP contribution in [0, 0.1) is 12.7 Å². The van der Waals surface area contributed by atoms with E-state index in [0.29, 0.717) is 11.4 Å². The molecule has 3 rings (SSSR count). The highest BCUT2D eigenvalue weighted by Gasteiger charge is 2.12. The number of aryl methyl sites for hydroxylation is 1. The van der Waals surface area contributed by atoms with Crippen LogP contribution >= 0.6 is 22.9 Å². The molecular weight excluding hydrogens is 309 g/mol. The second-order valence-electron chi connectivity index (χ2n) is 4.63. The van der Waals surface area contributed by atoms with Gasteiger partial charge in [-0.3, -0.25) is 0 Å². The Morgan fingerprint density at radius 3 is 2.81 bits per heavy atom. The predicted molar refractivity (Wildman–Crippen MR) is 86.7 cm³/mol. The van der Waals surface area contributed by atoms with E-state index in [9.17, 15) is 4.39 Å². The van der Waals surface area contributed by atoms with Crippen molar-refractivity contribution >= 4 is 39.0 Å². The van der Waals surface area contributed by atoms with E-state index in [-0.39, 0.29) is 5.02 Å². The van der Waals surface area contributed by atoms with Gasteiger partial charge in [0.05, 0.1) is 10.4 Å². The number of halogens is 2. The monoisotopic (exact) mass is 321 g/mol. The maximum absolute atomic E-state index is 13.3. The summed E-state index contributed by atoms with van der Waals surface area (Å²) in [5, 5.41) is 4.33. The van der Waals surface area contributed by atoms with Crippen LogP contribution in [0.5, 0.6) is 0 Å². The van der Waals surface area contributed by atoms with Crippen LogP contribution in [0.15, 0.2) is 24.3 Å². The first-order valence-corrected chi connectivity index (χ1v) is 7.75. The number of hydrogen-bond donors (Lipinski definition) is 1. The molecule has 1 aromatic carbocycles. The number of rotatable bonds is 3. The standard InChI is InChI=1S/C15H13ClFN3S/c1-3-18-14-10-6-8(2)21-15(10)20-13(19-14)9-4-5-12(17)11(16)7-9/h4-7H,3H2,1-2H3,(H,18,19,20). The molecule has 2 aromatic heterocycles. The summed E-state index contributed by atoms with van der Waals surface area (Å²) in [6.07, 6.45) is 0. The lowest BCUT2D eigenvalue weighted by Crippen LogP contribution is -2.02.